The van der Waals surface area contributed by atoms with Crippen molar-refractivity contribution >= 4 is 11.7 Å². The number of benzene rings is 1. The molecule has 1 aromatic heterocycles. The first kappa shape index (κ1) is 19.6. The monoisotopic (exact) mass is 370 g/mol. The smallest absolute Gasteiger partial charge is 0.435 e. The maximum absolute atomic E-state index is 12.4. The summed E-state index contributed by atoms with van der Waals surface area (Å²) >= 11 is 0. The molecule has 2 rings (SSSR count). The average Bonchev–Trinajstić information content (AvgIpc) is 3.06. The maximum Gasteiger partial charge on any atom is 0.435 e. The number of ether oxygens (including phenoxy) is 1. The number of carbonyl (C=O) groups excluding carboxylic acids is 1. The summed E-state index contributed by atoms with van der Waals surface area (Å²) in [6, 6.07) is 7.38. The molecule has 0 aliphatic carbocycles. The Labute approximate surface area is 149 Å². The van der Waals surface area contributed by atoms with E-state index in [1.165, 1.54) is 6.20 Å². The molecule has 9 heteroatoms. The molecule has 0 unspecified atom stereocenters. The summed E-state index contributed by atoms with van der Waals surface area (Å²) in [4.78, 5) is 11.8. The van der Waals surface area contributed by atoms with Crippen molar-refractivity contribution < 1.29 is 22.7 Å². The van der Waals surface area contributed by atoms with E-state index in [1.807, 2.05) is 0 Å². The van der Waals surface area contributed by atoms with Crippen molar-refractivity contribution in [2.45, 2.75) is 32.5 Å². The Bertz CT molecular complexity index is 699. The van der Waals surface area contributed by atoms with Gasteiger partial charge in [0.15, 0.2) is 5.69 Å². The van der Waals surface area contributed by atoms with Crippen LogP contribution in [0.1, 0.15) is 25.5 Å². The number of unbranched alkanes of at least 4 members (excludes halogenated alkanes) is 1. The van der Waals surface area contributed by atoms with Crippen LogP contribution in [0.3, 0.4) is 0 Å². The number of urea groups is 1. The number of halogens is 3. The van der Waals surface area contributed by atoms with Gasteiger partial charge in [0.1, 0.15) is 5.75 Å². The fraction of sp³-hybridized carbons (Fsp3) is 0.412. The van der Waals surface area contributed by atoms with Gasteiger partial charge < -0.3 is 15.4 Å². The second-order valence-corrected chi connectivity index (χ2v) is 5.57. The van der Waals surface area contributed by atoms with E-state index in [0.29, 0.717) is 12.3 Å². The van der Waals surface area contributed by atoms with E-state index in [9.17, 15) is 18.0 Å². The number of anilines is 1. The molecule has 2 aromatic rings. The minimum atomic E-state index is -4.47. The molecule has 26 heavy (non-hydrogen) atoms. The Balaban J connectivity index is 1.72. The minimum Gasteiger partial charge on any atom is -0.494 e. The summed E-state index contributed by atoms with van der Waals surface area (Å²) in [5, 5.41) is 8.61. The van der Waals surface area contributed by atoms with Gasteiger partial charge in [-0.25, -0.2) is 4.79 Å². The highest BCUT2D eigenvalue weighted by atomic mass is 19.4. The molecule has 0 aliphatic heterocycles. The van der Waals surface area contributed by atoms with Crippen LogP contribution in [0.4, 0.5) is 23.7 Å². The number of carbonyl (C=O) groups is 1. The first-order valence-electron chi connectivity index (χ1n) is 8.27. The number of alkyl halides is 3. The molecule has 6 nitrogen and oxygen atoms in total. The van der Waals surface area contributed by atoms with Crippen LogP contribution in [-0.4, -0.2) is 29.0 Å². The van der Waals surface area contributed by atoms with Crippen LogP contribution < -0.4 is 15.4 Å². The molecule has 1 heterocycles. The molecule has 0 saturated heterocycles. The van der Waals surface area contributed by atoms with E-state index in [4.69, 9.17) is 4.74 Å². The van der Waals surface area contributed by atoms with E-state index in [0.717, 1.165) is 29.3 Å². The number of aromatic nitrogens is 2. The average molecular weight is 370 g/mol. The van der Waals surface area contributed by atoms with E-state index < -0.39 is 17.9 Å². The SMILES string of the molecule is CCCCOc1ccc(NC(=O)NCCn2ccc(C(F)(F)F)n2)cc1. The van der Waals surface area contributed by atoms with Gasteiger partial charge >= 0.3 is 12.2 Å². The van der Waals surface area contributed by atoms with Gasteiger partial charge in [-0.15, -0.1) is 0 Å². The first-order chi connectivity index (χ1) is 12.4. The third-order valence-corrected chi connectivity index (χ3v) is 3.44. The highest BCUT2D eigenvalue weighted by Gasteiger charge is 2.33. The summed E-state index contributed by atoms with van der Waals surface area (Å²) in [6.07, 6.45) is -1.22. The highest BCUT2D eigenvalue weighted by Crippen LogP contribution is 2.27. The predicted octanol–water partition coefficient (Wildman–Crippen LogP) is 3.90. The van der Waals surface area contributed by atoms with Crippen molar-refractivity contribution in [1.82, 2.24) is 15.1 Å². The predicted molar refractivity (Wildman–Crippen MR) is 91.1 cm³/mol. The van der Waals surface area contributed by atoms with Crippen LogP contribution in [0.25, 0.3) is 0 Å². The lowest BCUT2D eigenvalue weighted by Gasteiger charge is -2.09. The zero-order chi connectivity index (χ0) is 19.0. The zero-order valence-electron chi connectivity index (χ0n) is 14.3. The molecule has 0 aliphatic rings. The quantitative estimate of drug-likeness (QED) is 0.693. The summed E-state index contributed by atoms with van der Waals surface area (Å²) in [5.41, 5.74) is -0.369. The summed E-state index contributed by atoms with van der Waals surface area (Å²) in [5.74, 6) is 0.726. The van der Waals surface area contributed by atoms with Crippen molar-refractivity contribution in [3.63, 3.8) is 0 Å². The summed E-state index contributed by atoms with van der Waals surface area (Å²) in [6.45, 7) is 3.00. The second-order valence-electron chi connectivity index (χ2n) is 5.57. The lowest BCUT2D eigenvalue weighted by atomic mass is 10.3. The lowest BCUT2D eigenvalue weighted by molar-refractivity contribution is -0.141. The number of nitrogens with one attached hydrogen (secondary N) is 2. The molecular weight excluding hydrogens is 349 g/mol. The van der Waals surface area contributed by atoms with Crippen LogP contribution in [0, 0.1) is 0 Å². The topological polar surface area (TPSA) is 68.2 Å². The zero-order valence-corrected chi connectivity index (χ0v) is 14.3. The lowest BCUT2D eigenvalue weighted by Crippen LogP contribution is -2.31. The summed E-state index contributed by atoms with van der Waals surface area (Å²) < 4.78 is 44.0. The molecule has 2 N–H and O–H groups in total. The Morgan fingerprint density at radius 3 is 2.58 bits per heavy atom. The highest BCUT2D eigenvalue weighted by molar-refractivity contribution is 5.89. The van der Waals surface area contributed by atoms with Crippen LogP contribution in [0.15, 0.2) is 36.5 Å². The van der Waals surface area contributed by atoms with E-state index in [-0.39, 0.29) is 13.1 Å². The van der Waals surface area contributed by atoms with Crippen molar-refractivity contribution in [2.24, 2.45) is 0 Å². The van der Waals surface area contributed by atoms with Crippen molar-refractivity contribution in [2.75, 3.05) is 18.5 Å². The van der Waals surface area contributed by atoms with Gasteiger partial charge in [-0.05, 0) is 36.8 Å². The Hall–Kier alpha value is -2.71. The molecule has 2 amide bonds. The van der Waals surface area contributed by atoms with Gasteiger partial charge in [-0.2, -0.15) is 18.3 Å². The normalized spacial score (nSPS) is 11.2. The first-order valence-corrected chi connectivity index (χ1v) is 8.27. The van der Waals surface area contributed by atoms with Crippen molar-refractivity contribution in [1.29, 1.82) is 0 Å². The van der Waals surface area contributed by atoms with Gasteiger partial charge in [-0.3, -0.25) is 4.68 Å². The second kappa shape index (κ2) is 9.12. The Kier molecular flexibility index (Phi) is 6.88. The molecule has 0 saturated carbocycles. The third-order valence-electron chi connectivity index (χ3n) is 3.44. The van der Waals surface area contributed by atoms with Gasteiger partial charge in [-0.1, -0.05) is 13.3 Å². The number of rotatable bonds is 8. The molecule has 0 radical (unpaired) electrons. The molecule has 0 spiro atoms. The fourth-order valence-corrected chi connectivity index (χ4v) is 2.07. The Morgan fingerprint density at radius 2 is 1.96 bits per heavy atom. The largest absolute Gasteiger partial charge is 0.494 e. The van der Waals surface area contributed by atoms with Crippen LogP contribution in [0.2, 0.25) is 0 Å². The molecule has 0 bridgehead atoms. The summed E-state index contributed by atoms with van der Waals surface area (Å²) in [7, 11) is 0. The van der Waals surface area contributed by atoms with Crippen LogP contribution in [-0.2, 0) is 12.7 Å². The van der Waals surface area contributed by atoms with E-state index in [2.05, 4.69) is 22.7 Å². The molecule has 1 aromatic carbocycles. The maximum atomic E-state index is 12.4. The van der Waals surface area contributed by atoms with Gasteiger partial charge in [0.05, 0.1) is 13.2 Å². The molecular formula is C17H21F3N4O2. The third kappa shape index (κ3) is 6.30. The fourth-order valence-electron chi connectivity index (χ4n) is 2.07. The van der Waals surface area contributed by atoms with Crippen LogP contribution >= 0.6 is 0 Å². The molecule has 142 valence electrons. The number of nitrogens with zero attached hydrogens (tertiary/aromatic N) is 2. The Morgan fingerprint density at radius 1 is 1.23 bits per heavy atom. The number of hydrogen-bond donors (Lipinski definition) is 2. The van der Waals surface area contributed by atoms with Crippen molar-refractivity contribution in [3.8, 4) is 5.75 Å². The number of amides is 2. The van der Waals surface area contributed by atoms with Crippen LogP contribution in [0.5, 0.6) is 5.75 Å². The number of hydrogen-bond acceptors (Lipinski definition) is 3. The standard InChI is InChI=1S/C17H21F3N4O2/c1-2-3-12-26-14-6-4-13(5-7-14)22-16(25)21-9-11-24-10-8-15(23-24)17(18,19)20/h4-8,10H,2-3,9,11-12H2,1H3,(H2,21,22,25). The van der Waals surface area contributed by atoms with E-state index in [1.54, 1.807) is 24.3 Å². The van der Waals surface area contributed by atoms with Gasteiger partial charge in [0, 0.05) is 18.4 Å². The molecule has 0 fully saturated rings. The van der Waals surface area contributed by atoms with E-state index >= 15 is 0 Å². The van der Waals surface area contributed by atoms with Crippen molar-refractivity contribution in [3.05, 3.63) is 42.2 Å². The van der Waals surface area contributed by atoms with Gasteiger partial charge in [0.25, 0.3) is 0 Å². The minimum absolute atomic E-state index is 0.133. The van der Waals surface area contributed by atoms with Gasteiger partial charge in [0.2, 0.25) is 0 Å². The molecule has 0 atom stereocenters.